The van der Waals surface area contributed by atoms with E-state index >= 15 is 0 Å². The molecule has 5 N–H and O–H groups in total. The highest BCUT2D eigenvalue weighted by Crippen LogP contribution is 2.28. The second kappa shape index (κ2) is 7.22. The van der Waals surface area contributed by atoms with Gasteiger partial charge in [0, 0.05) is 13.1 Å². The predicted octanol–water partition coefficient (Wildman–Crippen LogP) is 1.71. The van der Waals surface area contributed by atoms with Crippen LogP contribution in [0.4, 0.5) is 20.7 Å². The highest BCUT2D eigenvalue weighted by molar-refractivity contribution is 5.98. The van der Waals surface area contributed by atoms with Crippen LogP contribution in [-0.2, 0) is 4.74 Å². The van der Waals surface area contributed by atoms with E-state index in [0.717, 1.165) is 12.4 Å². The van der Waals surface area contributed by atoms with Crippen LogP contribution in [0.1, 0.15) is 5.56 Å². The van der Waals surface area contributed by atoms with Crippen molar-refractivity contribution in [1.29, 1.82) is 5.41 Å². The third kappa shape index (κ3) is 3.66. The van der Waals surface area contributed by atoms with Gasteiger partial charge in [-0.1, -0.05) is 0 Å². The van der Waals surface area contributed by atoms with Crippen molar-refractivity contribution in [2.24, 2.45) is 0 Å². The largest absolute Gasteiger partial charge is 0.481 e. The lowest BCUT2D eigenvalue weighted by molar-refractivity contribution is 0.254. The Morgan fingerprint density at radius 3 is 2.75 bits per heavy atom. The maximum atomic E-state index is 14.0. The number of amides is 2. The van der Waals surface area contributed by atoms with Crippen molar-refractivity contribution in [3.05, 3.63) is 35.9 Å². The molecule has 0 aliphatic rings. The van der Waals surface area contributed by atoms with Crippen molar-refractivity contribution >= 4 is 23.4 Å². The number of urea groups is 1. The van der Waals surface area contributed by atoms with Gasteiger partial charge in [0.2, 0.25) is 11.8 Å². The Labute approximate surface area is 136 Å². The summed E-state index contributed by atoms with van der Waals surface area (Å²) in [6.45, 7) is 0. The van der Waals surface area contributed by atoms with Crippen LogP contribution >= 0.6 is 0 Å². The number of nitrogens with zero attached hydrogens (tertiary/aromatic N) is 2. The molecule has 0 aliphatic heterocycles. The van der Waals surface area contributed by atoms with Crippen molar-refractivity contribution in [1.82, 2.24) is 15.3 Å². The van der Waals surface area contributed by atoms with Crippen LogP contribution in [0.3, 0.4) is 0 Å². The molecule has 0 atom stereocenters. The number of nitrogens with two attached hydrogens (primary N) is 1. The summed E-state index contributed by atoms with van der Waals surface area (Å²) < 4.78 is 24.3. The molecule has 0 saturated carbocycles. The Morgan fingerprint density at radius 1 is 1.38 bits per heavy atom. The summed E-state index contributed by atoms with van der Waals surface area (Å²) in [6, 6.07) is 3.25. The fourth-order valence-corrected chi connectivity index (χ4v) is 1.73. The average Bonchev–Trinajstić information content (AvgIpc) is 2.56. The molecule has 1 heterocycles. The Hall–Kier alpha value is -3.43. The maximum Gasteiger partial charge on any atom is 0.319 e. The van der Waals surface area contributed by atoms with Crippen molar-refractivity contribution < 1.29 is 18.7 Å². The lowest BCUT2D eigenvalue weighted by Crippen LogP contribution is -2.24. The van der Waals surface area contributed by atoms with E-state index in [4.69, 9.17) is 20.6 Å². The molecule has 0 unspecified atom stereocenters. The number of hydrogen-bond donors (Lipinski definition) is 4. The summed E-state index contributed by atoms with van der Waals surface area (Å²) in [4.78, 5) is 18.9. The molecule has 0 aliphatic carbocycles. The number of aromatic nitrogens is 2. The minimum Gasteiger partial charge on any atom is -0.481 e. The molecule has 0 bridgehead atoms. The number of nitrogens with one attached hydrogen (secondary N) is 3. The van der Waals surface area contributed by atoms with Gasteiger partial charge in [-0.05, 0) is 12.1 Å². The van der Waals surface area contributed by atoms with E-state index in [2.05, 4.69) is 20.6 Å². The summed E-state index contributed by atoms with van der Waals surface area (Å²) >= 11 is 0. The number of halogens is 1. The first-order valence-corrected chi connectivity index (χ1v) is 6.65. The van der Waals surface area contributed by atoms with E-state index in [-0.39, 0.29) is 34.6 Å². The topological polar surface area (TPSA) is 135 Å². The minimum atomic E-state index is -0.707. The monoisotopic (exact) mass is 334 g/mol. The van der Waals surface area contributed by atoms with Crippen molar-refractivity contribution in [3.63, 3.8) is 0 Å². The third-order valence-electron chi connectivity index (χ3n) is 2.90. The van der Waals surface area contributed by atoms with Gasteiger partial charge in [-0.25, -0.2) is 19.2 Å². The first-order valence-electron chi connectivity index (χ1n) is 6.65. The average molecular weight is 334 g/mol. The van der Waals surface area contributed by atoms with Gasteiger partial charge in [-0.3, -0.25) is 5.41 Å². The standard InChI is InChI=1S/C14H15FN6O3/c1-18-14(22)21-9-4-3-7(5-8(9)15)24-13-10(12(17)23-2)11(16)19-6-20-13/h3-6,17H,1-2H3,(H2,16,19,20)(H2,18,21,22). The molecule has 126 valence electrons. The van der Waals surface area contributed by atoms with E-state index in [9.17, 15) is 9.18 Å². The molecule has 10 heteroatoms. The third-order valence-corrected chi connectivity index (χ3v) is 2.90. The quantitative estimate of drug-likeness (QED) is 0.496. The Balaban J connectivity index is 2.29. The predicted molar refractivity (Wildman–Crippen MR) is 84.8 cm³/mol. The molecule has 0 radical (unpaired) electrons. The number of methoxy groups -OCH3 is 1. The fraction of sp³-hybridized carbons (Fsp3) is 0.143. The zero-order chi connectivity index (χ0) is 17.7. The number of anilines is 2. The van der Waals surface area contributed by atoms with Gasteiger partial charge < -0.3 is 25.8 Å². The second-order valence-corrected chi connectivity index (χ2v) is 4.42. The van der Waals surface area contributed by atoms with E-state index in [1.165, 1.54) is 26.3 Å². The summed E-state index contributed by atoms with van der Waals surface area (Å²) in [5.74, 6) is -0.966. The van der Waals surface area contributed by atoms with E-state index < -0.39 is 11.8 Å². The number of ether oxygens (including phenoxy) is 2. The molecule has 0 fully saturated rings. The van der Waals surface area contributed by atoms with Gasteiger partial charge in [-0.15, -0.1) is 0 Å². The Bertz CT molecular complexity index is 783. The molecule has 1 aromatic carbocycles. The Morgan fingerprint density at radius 2 is 2.12 bits per heavy atom. The molecule has 0 saturated heterocycles. The molecule has 2 aromatic rings. The molecule has 0 spiro atoms. The smallest absolute Gasteiger partial charge is 0.319 e. The van der Waals surface area contributed by atoms with Gasteiger partial charge >= 0.3 is 6.03 Å². The van der Waals surface area contributed by atoms with Gasteiger partial charge in [0.25, 0.3) is 0 Å². The minimum absolute atomic E-state index is 0.00905. The second-order valence-electron chi connectivity index (χ2n) is 4.42. The lowest BCUT2D eigenvalue weighted by atomic mass is 10.2. The highest BCUT2D eigenvalue weighted by atomic mass is 19.1. The van der Waals surface area contributed by atoms with Crippen molar-refractivity contribution in [2.45, 2.75) is 0 Å². The fourth-order valence-electron chi connectivity index (χ4n) is 1.73. The van der Waals surface area contributed by atoms with E-state index in [1.54, 1.807) is 0 Å². The molecule has 2 rings (SSSR count). The lowest BCUT2D eigenvalue weighted by Gasteiger charge is -2.12. The van der Waals surface area contributed by atoms with Crippen LogP contribution in [0, 0.1) is 11.2 Å². The number of hydrogen-bond acceptors (Lipinski definition) is 7. The molecule has 24 heavy (non-hydrogen) atoms. The van der Waals surface area contributed by atoms with Crippen molar-refractivity contribution in [3.8, 4) is 11.6 Å². The number of carbonyl (C=O) groups is 1. The van der Waals surface area contributed by atoms with Gasteiger partial charge in [0.1, 0.15) is 29.3 Å². The van der Waals surface area contributed by atoms with E-state index in [1.807, 2.05) is 0 Å². The first kappa shape index (κ1) is 16.9. The van der Waals surface area contributed by atoms with Crippen LogP contribution in [0.15, 0.2) is 24.5 Å². The van der Waals surface area contributed by atoms with Crippen LogP contribution in [0.2, 0.25) is 0 Å². The van der Waals surface area contributed by atoms with Gasteiger partial charge in [0.05, 0.1) is 12.8 Å². The van der Waals surface area contributed by atoms with E-state index in [0.29, 0.717) is 0 Å². The number of rotatable bonds is 4. The zero-order valence-electron chi connectivity index (χ0n) is 12.9. The first-order chi connectivity index (χ1) is 11.5. The normalized spacial score (nSPS) is 9.96. The van der Waals surface area contributed by atoms with Crippen molar-refractivity contribution in [2.75, 3.05) is 25.2 Å². The van der Waals surface area contributed by atoms with Gasteiger partial charge in [-0.2, -0.15) is 0 Å². The molecule has 2 amide bonds. The number of nitrogen functional groups attached to an aromatic ring is 1. The van der Waals surface area contributed by atoms with Gasteiger partial charge in [0.15, 0.2) is 0 Å². The van der Waals surface area contributed by atoms with Crippen LogP contribution in [0.5, 0.6) is 11.6 Å². The van der Waals surface area contributed by atoms with Crippen LogP contribution in [-0.4, -0.2) is 36.1 Å². The zero-order valence-corrected chi connectivity index (χ0v) is 12.9. The summed E-state index contributed by atoms with van der Waals surface area (Å²) in [5.41, 5.74) is 5.72. The summed E-state index contributed by atoms with van der Waals surface area (Å²) in [6.07, 6.45) is 1.15. The molecular formula is C14H15FN6O3. The highest BCUT2D eigenvalue weighted by Gasteiger charge is 2.18. The maximum absolute atomic E-state index is 14.0. The number of benzene rings is 1. The molecular weight excluding hydrogens is 319 g/mol. The molecule has 9 nitrogen and oxygen atoms in total. The number of carbonyl (C=O) groups excluding carboxylic acids is 1. The van der Waals surface area contributed by atoms with Crippen LogP contribution in [0.25, 0.3) is 0 Å². The Kier molecular flexibility index (Phi) is 5.09. The summed E-state index contributed by atoms with van der Waals surface area (Å²) in [7, 11) is 2.70. The SMILES string of the molecule is CNC(=O)Nc1ccc(Oc2ncnc(N)c2C(=N)OC)cc1F. The molecule has 1 aromatic heterocycles. The summed E-state index contributed by atoms with van der Waals surface area (Å²) in [5, 5.41) is 12.3. The van der Waals surface area contributed by atoms with Crippen LogP contribution < -0.4 is 21.1 Å².